The van der Waals surface area contributed by atoms with Crippen molar-refractivity contribution in [2.75, 3.05) is 32.7 Å². The van der Waals surface area contributed by atoms with Crippen LogP contribution in [0.25, 0.3) is 0 Å². The van der Waals surface area contributed by atoms with Gasteiger partial charge in [0.2, 0.25) is 0 Å². The molecule has 1 aromatic rings. The third kappa shape index (κ3) is 6.15. The van der Waals surface area contributed by atoms with Gasteiger partial charge in [0.1, 0.15) is 0 Å². The van der Waals surface area contributed by atoms with Crippen LogP contribution in [0.1, 0.15) is 50.8 Å². The molecule has 2 heterocycles. The molecule has 1 aliphatic rings. The number of aliphatic imine (C=N–C) groups is 1. The summed E-state index contributed by atoms with van der Waals surface area (Å²) >= 11 is 1.82. The molecule has 4 nitrogen and oxygen atoms in total. The smallest absolute Gasteiger partial charge is 0.191 e. The van der Waals surface area contributed by atoms with Crippen molar-refractivity contribution in [3.63, 3.8) is 0 Å². The summed E-state index contributed by atoms with van der Waals surface area (Å²) in [5.74, 6) is 1.46. The molecule has 23 heavy (non-hydrogen) atoms. The zero-order chi connectivity index (χ0) is 16.5. The van der Waals surface area contributed by atoms with E-state index in [1.165, 1.54) is 43.8 Å². The predicted octanol–water partition coefficient (Wildman–Crippen LogP) is 3.28. The number of guanidine groups is 1. The molecule has 2 N–H and O–H groups in total. The summed E-state index contributed by atoms with van der Waals surface area (Å²) in [6.45, 7) is 12.0. The van der Waals surface area contributed by atoms with Crippen LogP contribution in [0.2, 0.25) is 0 Å². The second kappa shape index (κ2) is 9.93. The quantitative estimate of drug-likeness (QED) is 0.593. The van der Waals surface area contributed by atoms with E-state index < -0.39 is 0 Å². The standard InChI is InChI=1S/C18H32N4S/c1-4-10-22-11-8-16(9-12-22)21-18(19-5-2)20-14-15(3)17-7-6-13-23-17/h6-7,13,15-16H,4-5,8-12,14H2,1-3H3,(H2,19,20,21). The first-order chi connectivity index (χ1) is 11.2. The molecule has 5 heteroatoms. The summed E-state index contributed by atoms with van der Waals surface area (Å²) in [5, 5.41) is 9.17. The highest BCUT2D eigenvalue weighted by molar-refractivity contribution is 7.10. The largest absolute Gasteiger partial charge is 0.357 e. The lowest BCUT2D eigenvalue weighted by atomic mass is 10.1. The van der Waals surface area contributed by atoms with Gasteiger partial charge in [-0.1, -0.05) is 19.9 Å². The first-order valence-electron chi connectivity index (χ1n) is 9.03. The Labute approximate surface area is 145 Å². The fourth-order valence-electron chi connectivity index (χ4n) is 3.02. The molecule has 0 saturated carbocycles. The van der Waals surface area contributed by atoms with Gasteiger partial charge >= 0.3 is 0 Å². The van der Waals surface area contributed by atoms with E-state index in [4.69, 9.17) is 4.99 Å². The monoisotopic (exact) mass is 336 g/mol. The zero-order valence-corrected chi connectivity index (χ0v) is 15.7. The number of nitrogens with one attached hydrogen (secondary N) is 2. The lowest BCUT2D eigenvalue weighted by molar-refractivity contribution is 0.206. The van der Waals surface area contributed by atoms with E-state index in [1.807, 2.05) is 11.3 Å². The summed E-state index contributed by atoms with van der Waals surface area (Å²) in [4.78, 5) is 8.79. The second-order valence-corrected chi connectivity index (χ2v) is 7.38. The van der Waals surface area contributed by atoms with Crippen LogP contribution in [0.5, 0.6) is 0 Å². The maximum Gasteiger partial charge on any atom is 0.191 e. The van der Waals surface area contributed by atoms with Crippen LogP contribution in [0.3, 0.4) is 0 Å². The molecule has 0 spiro atoms. The third-order valence-corrected chi connectivity index (χ3v) is 5.47. The first-order valence-corrected chi connectivity index (χ1v) is 9.91. The number of thiophene rings is 1. The van der Waals surface area contributed by atoms with Gasteiger partial charge in [0.15, 0.2) is 5.96 Å². The van der Waals surface area contributed by atoms with E-state index in [9.17, 15) is 0 Å². The molecular weight excluding hydrogens is 304 g/mol. The van der Waals surface area contributed by atoms with E-state index >= 15 is 0 Å². The van der Waals surface area contributed by atoms with Gasteiger partial charge in [-0.3, -0.25) is 4.99 Å². The Morgan fingerprint density at radius 3 is 2.78 bits per heavy atom. The van der Waals surface area contributed by atoms with Gasteiger partial charge < -0.3 is 15.5 Å². The number of nitrogens with zero attached hydrogens (tertiary/aromatic N) is 2. The number of piperidine rings is 1. The van der Waals surface area contributed by atoms with Gasteiger partial charge in [-0.05, 0) is 44.2 Å². The van der Waals surface area contributed by atoms with Crippen molar-refractivity contribution in [3.05, 3.63) is 22.4 Å². The molecule has 1 aliphatic heterocycles. The summed E-state index contributed by atoms with van der Waals surface area (Å²) in [6.07, 6.45) is 3.68. The molecule has 0 aliphatic carbocycles. The summed E-state index contributed by atoms with van der Waals surface area (Å²) in [7, 11) is 0. The fraction of sp³-hybridized carbons (Fsp3) is 0.722. The maximum absolute atomic E-state index is 4.81. The molecule has 1 aromatic heterocycles. The van der Waals surface area contributed by atoms with Crippen molar-refractivity contribution in [1.82, 2.24) is 15.5 Å². The molecule has 1 atom stereocenters. The van der Waals surface area contributed by atoms with Gasteiger partial charge in [-0.25, -0.2) is 0 Å². The van der Waals surface area contributed by atoms with Crippen LogP contribution in [-0.4, -0.2) is 49.6 Å². The predicted molar refractivity (Wildman–Crippen MR) is 102 cm³/mol. The topological polar surface area (TPSA) is 39.7 Å². The van der Waals surface area contributed by atoms with Crippen molar-refractivity contribution in [2.45, 2.75) is 52.0 Å². The highest BCUT2D eigenvalue weighted by atomic mass is 32.1. The van der Waals surface area contributed by atoms with E-state index in [-0.39, 0.29) is 0 Å². The van der Waals surface area contributed by atoms with E-state index in [0.717, 1.165) is 19.0 Å². The highest BCUT2D eigenvalue weighted by Crippen LogP contribution is 2.20. The van der Waals surface area contributed by atoms with Crippen LogP contribution in [-0.2, 0) is 0 Å². The third-order valence-electron chi connectivity index (χ3n) is 4.36. The number of likely N-dealkylation sites (tertiary alicyclic amines) is 1. The lowest BCUT2D eigenvalue weighted by Gasteiger charge is -2.32. The molecule has 0 bridgehead atoms. The Morgan fingerprint density at radius 2 is 2.17 bits per heavy atom. The van der Waals surface area contributed by atoms with Crippen molar-refractivity contribution in [1.29, 1.82) is 0 Å². The zero-order valence-electron chi connectivity index (χ0n) is 14.8. The van der Waals surface area contributed by atoms with Gasteiger partial charge in [-0.2, -0.15) is 0 Å². The molecule has 130 valence electrons. The number of hydrogen-bond donors (Lipinski definition) is 2. The van der Waals surface area contributed by atoms with Crippen molar-refractivity contribution in [3.8, 4) is 0 Å². The molecular formula is C18H32N4S. The van der Waals surface area contributed by atoms with E-state index in [0.29, 0.717) is 12.0 Å². The van der Waals surface area contributed by atoms with Crippen LogP contribution in [0.4, 0.5) is 0 Å². The minimum Gasteiger partial charge on any atom is -0.357 e. The Bertz CT molecular complexity index is 450. The Hall–Kier alpha value is -1.07. The van der Waals surface area contributed by atoms with Crippen molar-refractivity contribution < 1.29 is 0 Å². The average Bonchev–Trinajstić information content (AvgIpc) is 3.09. The lowest BCUT2D eigenvalue weighted by Crippen LogP contribution is -2.48. The average molecular weight is 337 g/mol. The Morgan fingerprint density at radius 1 is 1.39 bits per heavy atom. The van der Waals surface area contributed by atoms with Gasteiger partial charge in [-0.15, -0.1) is 11.3 Å². The SMILES string of the molecule is CCCN1CCC(NC(=NCC(C)c2cccs2)NCC)CC1. The van der Waals surface area contributed by atoms with Crippen molar-refractivity contribution >= 4 is 17.3 Å². The van der Waals surface area contributed by atoms with E-state index in [1.54, 1.807) is 0 Å². The highest BCUT2D eigenvalue weighted by Gasteiger charge is 2.19. The van der Waals surface area contributed by atoms with Gasteiger partial charge in [0.05, 0.1) is 6.54 Å². The molecule has 0 aromatic carbocycles. The van der Waals surface area contributed by atoms with Crippen LogP contribution < -0.4 is 10.6 Å². The normalized spacial score (nSPS) is 18.8. The van der Waals surface area contributed by atoms with Gasteiger partial charge in [0.25, 0.3) is 0 Å². The molecule has 1 fully saturated rings. The van der Waals surface area contributed by atoms with Crippen LogP contribution >= 0.6 is 11.3 Å². The van der Waals surface area contributed by atoms with Crippen LogP contribution in [0, 0.1) is 0 Å². The number of rotatable bonds is 7. The maximum atomic E-state index is 4.81. The summed E-state index contributed by atoms with van der Waals surface area (Å²) < 4.78 is 0. The molecule has 0 radical (unpaired) electrons. The van der Waals surface area contributed by atoms with Crippen LogP contribution in [0.15, 0.2) is 22.5 Å². The Balaban J connectivity index is 1.82. The fourth-order valence-corrected chi connectivity index (χ4v) is 3.80. The van der Waals surface area contributed by atoms with Gasteiger partial charge in [0, 0.05) is 36.5 Å². The Kier molecular flexibility index (Phi) is 7.89. The minimum absolute atomic E-state index is 0.483. The summed E-state index contributed by atoms with van der Waals surface area (Å²) in [6, 6.07) is 4.88. The molecule has 1 unspecified atom stereocenters. The second-order valence-electron chi connectivity index (χ2n) is 6.40. The minimum atomic E-state index is 0.483. The van der Waals surface area contributed by atoms with E-state index in [2.05, 4.69) is 53.8 Å². The summed E-state index contributed by atoms with van der Waals surface area (Å²) in [5.41, 5.74) is 0. The molecule has 0 amide bonds. The molecule has 1 saturated heterocycles. The number of hydrogen-bond acceptors (Lipinski definition) is 3. The molecule has 2 rings (SSSR count). The van der Waals surface area contributed by atoms with Crippen molar-refractivity contribution in [2.24, 2.45) is 4.99 Å². The first kappa shape index (κ1) is 18.3.